The number of hydrogen-bond donors (Lipinski definition) is 14. The minimum Gasteiger partial charge on any atom is -0.492 e. The number of primary amides is 1. The second-order valence-electron chi connectivity index (χ2n) is 37.9. The predicted octanol–water partition coefficient (Wildman–Crippen LogP) is 7.04. The van der Waals surface area contributed by atoms with Crippen LogP contribution in [0.2, 0.25) is 0 Å². The number of likely N-dealkylation sites (N-methyl/N-ethyl adjacent to an activating group) is 1. The Morgan fingerprint density at radius 3 is 2.06 bits per heavy atom. The molecule has 7 fully saturated rings. The fraction of sp³-hybridized carbons (Fsp3) is 0.690. The number of nitrogens with one attached hydrogen (secondary N) is 8. The number of Topliss-reactive ketones (excluding diaryl/α,β-unsaturated/α-hetero) is 1. The number of rotatable bonds is 42. The van der Waals surface area contributed by atoms with E-state index in [-0.39, 0.29) is 134 Å². The lowest BCUT2D eigenvalue weighted by atomic mass is 9.68. The number of hydroxylamine groups is 1. The second kappa shape index (κ2) is 58.1. The van der Waals surface area contributed by atoms with Gasteiger partial charge in [-0.15, -0.1) is 0 Å². The van der Waals surface area contributed by atoms with Gasteiger partial charge in [-0.25, -0.2) is 14.4 Å². The zero-order valence-corrected chi connectivity index (χ0v) is 89.5. The smallest absolute Gasteiger partial charge is 0.407 e. The summed E-state index contributed by atoms with van der Waals surface area (Å²) in [5, 5.41) is 77.5. The van der Waals surface area contributed by atoms with E-state index in [0.29, 0.717) is 46.3 Å². The molecule has 15 N–H and O–H groups in total. The van der Waals surface area contributed by atoms with Crippen LogP contribution in [0.25, 0.3) is 0 Å². The van der Waals surface area contributed by atoms with Gasteiger partial charge in [0.15, 0.2) is 41.8 Å². The van der Waals surface area contributed by atoms with Crippen molar-refractivity contribution in [1.29, 1.82) is 0 Å². The number of aliphatic hydroxyl groups excluding tert-OH is 4. The highest BCUT2D eigenvalue weighted by Gasteiger charge is 2.56. The molecule has 2 aromatic rings. The first kappa shape index (κ1) is 118. The number of ketones is 1. The van der Waals surface area contributed by atoms with Crippen molar-refractivity contribution in [3.8, 4) is 40.9 Å². The number of thioether (sulfide) groups is 1. The zero-order valence-electron chi connectivity index (χ0n) is 84.9. The van der Waals surface area contributed by atoms with Gasteiger partial charge in [-0.2, -0.15) is 5.48 Å². The number of benzene rings is 2. The van der Waals surface area contributed by atoms with Crippen LogP contribution in [0.4, 0.5) is 20.1 Å². The van der Waals surface area contributed by atoms with Gasteiger partial charge in [-0.3, -0.25) is 43.2 Å². The van der Waals surface area contributed by atoms with E-state index in [0.717, 1.165) is 44.6 Å². The van der Waals surface area contributed by atoms with Crippen LogP contribution in [0.1, 0.15) is 205 Å². The summed E-state index contributed by atoms with van der Waals surface area (Å²) < 4.78 is 79.4. The number of methoxy groups -OCH3 is 5. The number of alkyl carbamates (subject to hydrolysis) is 2. The molecular formula is C100H146IN11O30S3. The molecule has 2 saturated carbocycles. The van der Waals surface area contributed by atoms with Gasteiger partial charge in [-0.05, 0) is 149 Å². The average Bonchev–Trinajstić information content (AvgIpc) is 0.761. The number of halogens is 1. The molecule has 5 aliphatic heterocycles. The summed E-state index contributed by atoms with van der Waals surface area (Å²) in [5.41, 5.74) is 7.51. The fourth-order valence-electron chi connectivity index (χ4n) is 19.0. The minimum atomic E-state index is -2.12. The standard InChI is InChI=1S/C100H146IN11O30S3/c1-15-112(73(117)51-104-98(126)135-52-60-36-38-63(39-37-60)106-92(122)65(32-29-44-103-97(102)125)107-93(123)79(54(2)3)108-71(115)34-28-35-72(116)111-45-40-61(41-46-111)91(121)105-62-30-24-20-18-16-17-19-21-25-31-62)66-53-134-74(49-70(66)129-10)140-88-83(119)80(57(7)137-96(88)139-69-33-26-22-23-27-43-100(128)50-68(114)81(109-99(127)133-14)77(69)64(100)42-47-143-145-55(4)5)110-142-75-48-67(113)90(59(9)136-75)144-94(124)76-56(6)78(101)86(89(132-13)85(76)130-11)141-95-84(120)87(131-12)82(118)58(8)138-95/h22-23,36-39,42,54-55,57-59,61-62,65-67,69-70,74-75,77,79-84,87-88,90,95-96,110,113,118-120,128H,15-21,24-25,28-32,34-35,40-41,44-53H2,1-14H3,(H,104,126)(H,105,121)(H,106,122)(H,107,123)(H,108,115)(H,109,127)(H3,102,103,125)/b23-22-,64-42+/t57?,58?,59?,65-,66?,67?,69-,70?,74?,75?,77?,79-,80?,81?,82?,83?,84?,87?,88?,90?,95?,96?,100-/m0/s1. The molecule has 10 amide bonds. The monoisotopic (exact) mass is 2200 g/mol. The Morgan fingerprint density at radius 1 is 0.738 bits per heavy atom. The molecule has 3 aliphatic carbocycles. The number of nitrogens with zero attached hydrogens (tertiary/aromatic N) is 2. The van der Waals surface area contributed by atoms with Gasteiger partial charge in [0.05, 0.1) is 91.3 Å². The van der Waals surface area contributed by atoms with Crippen LogP contribution in [-0.2, 0) is 92.4 Å². The first-order valence-electron chi connectivity index (χ1n) is 49.8. The Morgan fingerprint density at radius 2 is 1.42 bits per heavy atom. The van der Waals surface area contributed by atoms with Crippen molar-refractivity contribution in [2.75, 3.05) is 85.9 Å². The number of likely N-dealkylation sites (tertiary alicyclic amines) is 1. The van der Waals surface area contributed by atoms with E-state index in [4.69, 9.17) is 72.2 Å². The molecule has 2 bridgehead atoms. The molecular weight excluding hydrogens is 2060 g/mol. The molecule has 45 heteroatoms. The van der Waals surface area contributed by atoms with E-state index in [1.165, 1.54) is 94.8 Å². The third kappa shape index (κ3) is 33.3. The van der Waals surface area contributed by atoms with Gasteiger partial charge < -0.3 is 140 Å². The SMILES string of the molecule is CCN(C(=O)CNC(=O)OCc1ccc(NC(=O)[C@H](CCCNC(N)=O)NC(=O)[C@@H](NC(=O)CCCC(=O)N2CCC(C(=O)NC3CCCCCCCCCC3)CC2)C(C)C)cc1)C1COC(OC2C(O[C@H]3C#C/C=C\C#C[C@]4(O)CC(=O)C(NC(=O)OC)C3/C4=C\CSSC(C)C)OC(C)C(NOC3CC(O)C(SC(=O)c4c(C)c(I)c(OC5OC(C)C(O)C(OC)C5O)c(OC)c4OC)C(C)O3)C2O)CC1OC. The Labute approximate surface area is 873 Å². The maximum atomic E-state index is 14.7. The van der Waals surface area contributed by atoms with E-state index in [2.05, 4.69) is 66.4 Å². The fourth-order valence-corrected chi connectivity index (χ4v) is 22.6. The van der Waals surface area contributed by atoms with E-state index < -0.39 is 211 Å². The first-order valence-corrected chi connectivity index (χ1v) is 54.2. The lowest BCUT2D eigenvalue weighted by Crippen LogP contribution is -2.66. The number of anilines is 1. The normalized spacial score (nSPS) is 28.9. The van der Waals surface area contributed by atoms with Gasteiger partial charge in [0, 0.05) is 101 Å². The Hall–Kier alpha value is -8.41. The Bertz CT molecular complexity index is 4860. The summed E-state index contributed by atoms with van der Waals surface area (Å²) in [4.78, 5) is 160. The number of urea groups is 1. The van der Waals surface area contributed by atoms with E-state index in [1.54, 1.807) is 94.5 Å². The van der Waals surface area contributed by atoms with Gasteiger partial charge in [0.1, 0.15) is 67.9 Å². The van der Waals surface area contributed by atoms with Crippen molar-refractivity contribution in [2.45, 2.75) is 342 Å². The maximum absolute atomic E-state index is 14.7. The molecule has 0 aromatic heterocycles. The van der Waals surface area contributed by atoms with Crippen LogP contribution in [0.15, 0.2) is 48.1 Å². The quantitative estimate of drug-likeness (QED) is 0.00790. The number of aliphatic hydroxyl groups is 5. The van der Waals surface area contributed by atoms with E-state index in [1.807, 2.05) is 36.4 Å². The Balaban J connectivity index is 0.760. The van der Waals surface area contributed by atoms with Gasteiger partial charge >= 0.3 is 18.2 Å². The molecule has 0 radical (unpaired) electrons. The third-order valence-corrected chi connectivity index (χ3v) is 32.4. The Kier molecular flexibility index (Phi) is 47.5. The summed E-state index contributed by atoms with van der Waals surface area (Å²) >= 11 is 2.76. The molecule has 145 heavy (non-hydrogen) atoms. The highest BCUT2D eigenvalue weighted by Crippen LogP contribution is 2.50. The summed E-state index contributed by atoms with van der Waals surface area (Å²) in [6.45, 7) is 15.7. The molecule has 10 rings (SSSR count). The lowest BCUT2D eigenvalue weighted by Gasteiger charge is -2.48. The van der Waals surface area contributed by atoms with Crippen LogP contribution in [0.3, 0.4) is 0 Å². The third-order valence-electron chi connectivity index (χ3n) is 27.0. The molecule has 19 unspecified atom stereocenters. The number of carbonyl (C=O) groups is 11. The minimum absolute atomic E-state index is 0.0107. The van der Waals surface area contributed by atoms with Crippen LogP contribution < -0.4 is 62.6 Å². The van der Waals surface area contributed by atoms with Crippen LogP contribution in [0.5, 0.6) is 17.2 Å². The average molecular weight is 2210 g/mol. The largest absolute Gasteiger partial charge is 0.492 e. The number of allylic oxidation sites excluding steroid dienone is 2. The van der Waals surface area contributed by atoms with Crippen LogP contribution in [-0.4, -0.2) is 325 Å². The summed E-state index contributed by atoms with van der Waals surface area (Å²) in [5.74, 6) is 7.04. The summed E-state index contributed by atoms with van der Waals surface area (Å²) in [6, 6.07) is -0.131. The molecule has 0 spiro atoms. The highest BCUT2D eigenvalue weighted by molar-refractivity contribution is 14.1. The molecule has 23 atom stereocenters. The van der Waals surface area contributed by atoms with Crippen molar-refractivity contribution < 1.29 is 145 Å². The van der Waals surface area contributed by atoms with Crippen molar-refractivity contribution in [2.24, 2.45) is 23.5 Å². The molecule has 806 valence electrons. The number of piperidine rings is 1. The van der Waals surface area contributed by atoms with Gasteiger partial charge in [0.2, 0.25) is 52.6 Å². The van der Waals surface area contributed by atoms with Crippen LogP contribution >= 0.6 is 55.9 Å². The van der Waals surface area contributed by atoms with Crippen LogP contribution in [0, 0.1) is 51.9 Å². The topological polar surface area (TPSA) is 547 Å². The number of ether oxygens (including phenoxy) is 13. The number of nitrogens with two attached hydrogens (primary N) is 1. The van der Waals surface area contributed by atoms with Crippen molar-refractivity contribution in [1.82, 2.24) is 47.2 Å². The molecule has 8 aliphatic rings. The van der Waals surface area contributed by atoms with E-state index >= 15 is 0 Å². The lowest BCUT2D eigenvalue weighted by molar-refractivity contribution is -0.340. The summed E-state index contributed by atoms with van der Waals surface area (Å²) in [6.07, 6.45) is -4.11. The van der Waals surface area contributed by atoms with Crippen molar-refractivity contribution in [3.63, 3.8) is 0 Å². The van der Waals surface area contributed by atoms with E-state index in [9.17, 15) is 78.3 Å². The molecule has 5 saturated heterocycles. The van der Waals surface area contributed by atoms with Gasteiger partial charge in [-0.1, -0.05) is 154 Å². The second-order valence-corrected chi connectivity index (χ2v) is 43.2. The molecule has 2 aromatic carbocycles. The highest BCUT2D eigenvalue weighted by atomic mass is 127. The van der Waals surface area contributed by atoms with Crippen molar-refractivity contribution >= 4 is 126 Å². The first-order chi connectivity index (χ1) is 69.3. The summed E-state index contributed by atoms with van der Waals surface area (Å²) in [7, 11) is 9.57. The molecule has 5 heterocycles. The molecule has 41 nitrogen and oxygen atoms in total. The zero-order chi connectivity index (χ0) is 105. The number of amides is 10. The maximum Gasteiger partial charge on any atom is 0.407 e. The van der Waals surface area contributed by atoms with Gasteiger partial charge in [0.25, 0.3) is 0 Å². The predicted molar refractivity (Wildman–Crippen MR) is 545 cm³/mol. The van der Waals surface area contributed by atoms with Crippen molar-refractivity contribution in [3.05, 3.63) is 68.3 Å². The number of hydrogen-bond acceptors (Lipinski definition) is 34. The number of fused-ring (bicyclic) bond motifs is 2. The number of carbonyl (C=O) groups excluding carboxylic acids is 11.